The molecular weight excluding hydrogens is 262 g/mol. The highest BCUT2D eigenvalue weighted by atomic mass is 35.5. The van der Waals surface area contributed by atoms with E-state index in [1.165, 1.54) is 4.68 Å². The van der Waals surface area contributed by atoms with E-state index in [0.29, 0.717) is 17.1 Å². The molecule has 0 aliphatic rings. The fraction of sp³-hybridized carbons (Fsp3) is 0.286. The number of benzene rings is 1. The van der Waals surface area contributed by atoms with Crippen LogP contribution in [0.15, 0.2) is 35.1 Å². The third kappa shape index (κ3) is 2.85. The van der Waals surface area contributed by atoms with Gasteiger partial charge in [0.25, 0.3) is 5.56 Å². The normalized spacial score (nSPS) is 12.4. The Morgan fingerprint density at radius 3 is 2.53 bits per heavy atom. The summed E-state index contributed by atoms with van der Waals surface area (Å²) < 4.78 is 1.43. The maximum Gasteiger partial charge on any atom is 0.271 e. The highest BCUT2D eigenvalue weighted by Gasteiger charge is 2.12. The Kier molecular flexibility index (Phi) is 4.02. The van der Waals surface area contributed by atoms with Gasteiger partial charge in [0.15, 0.2) is 0 Å². The van der Waals surface area contributed by atoms with Crippen molar-refractivity contribution in [3.63, 3.8) is 0 Å². The van der Waals surface area contributed by atoms with E-state index >= 15 is 0 Å². The van der Waals surface area contributed by atoms with Crippen molar-refractivity contribution in [2.75, 3.05) is 0 Å². The Morgan fingerprint density at radius 2 is 2.00 bits per heavy atom. The summed E-state index contributed by atoms with van der Waals surface area (Å²) in [6.45, 7) is 4.19. The Bertz CT molecular complexity index is 632. The van der Waals surface area contributed by atoms with Crippen LogP contribution < -0.4 is 11.3 Å². The SMILES string of the molecule is CCn1nc(-c2ccc(Cl)cc2)cc(C(C)N)c1=O. The molecule has 4 nitrogen and oxygen atoms in total. The highest BCUT2D eigenvalue weighted by molar-refractivity contribution is 6.30. The zero-order valence-corrected chi connectivity index (χ0v) is 11.7. The molecule has 0 aliphatic heterocycles. The van der Waals surface area contributed by atoms with Gasteiger partial charge in [-0.2, -0.15) is 5.10 Å². The second-order valence-corrected chi connectivity index (χ2v) is 4.84. The van der Waals surface area contributed by atoms with E-state index in [0.717, 1.165) is 11.3 Å². The van der Waals surface area contributed by atoms with Crippen LogP contribution in [0, 0.1) is 0 Å². The fourth-order valence-electron chi connectivity index (χ4n) is 1.86. The predicted molar refractivity (Wildman–Crippen MR) is 77.2 cm³/mol. The molecule has 0 amide bonds. The first-order chi connectivity index (χ1) is 9.02. The van der Waals surface area contributed by atoms with Gasteiger partial charge in [0.2, 0.25) is 0 Å². The lowest BCUT2D eigenvalue weighted by atomic mass is 10.1. The molecule has 2 rings (SSSR count). The lowest BCUT2D eigenvalue weighted by molar-refractivity contribution is 0.601. The Balaban J connectivity index is 2.61. The van der Waals surface area contributed by atoms with Crippen LogP contribution in [0.25, 0.3) is 11.3 Å². The molecule has 2 N–H and O–H groups in total. The lowest BCUT2D eigenvalue weighted by Crippen LogP contribution is -2.29. The topological polar surface area (TPSA) is 60.9 Å². The van der Waals surface area contributed by atoms with E-state index < -0.39 is 0 Å². The van der Waals surface area contributed by atoms with Crippen molar-refractivity contribution < 1.29 is 0 Å². The van der Waals surface area contributed by atoms with Gasteiger partial charge in [0.1, 0.15) is 0 Å². The lowest BCUT2D eigenvalue weighted by Gasteiger charge is -2.11. The molecule has 1 heterocycles. The second-order valence-electron chi connectivity index (χ2n) is 4.40. The number of aryl methyl sites for hydroxylation is 1. The average Bonchev–Trinajstić information content (AvgIpc) is 2.39. The summed E-state index contributed by atoms with van der Waals surface area (Å²) in [6.07, 6.45) is 0. The van der Waals surface area contributed by atoms with E-state index in [4.69, 9.17) is 17.3 Å². The third-order valence-electron chi connectivity index (χ3n) is 2.93. The van der Waals surface area contributed by atoms with E-state index in [2.05, 4.69) is 5.10 Å². The van der Waals surface area contributed by atoms with Crippen molar-refractivity contribution in [3.05, 3.63) is 51.3 Å². The van der Waals surface area contributed by atoms with Crippen molar-refractivity contribution in [1.82, 2.24) is 9.78 Å². The number of nitrogens with two attached hydrogens (primary N) is 1. The largest absolute Gasteiger partial charge is 0.324 e. The Morgan fingerprint density at radius 1 is 1.37 bits per heavy atom. The average molecular weight is 278 g/mol. The minimum atomic E-state index is -0.320. The van der Waals surface area contributed by atoms with Crippen LogP contribution in [-0.2, 0) is 6.54 Å². The first-order valence-corrected chi connectivity index (χ1v) is 6.54. The number of aromatic nitrogens is 2. The number of halogens is 1. The molecule has 19 heavy (non-hydrogen) atoms. The van der Waals surface area contributed by atoms with Crippen LogP contribution in [0.4, 0.5) is 0 Å². The van der Waals surface area contributed by atoms with E-state index in [9.17, 15) is 4.79 Å². The Hall–Kier alpha value is -1.65. The van der Waals surface area contributed by atoms with Gasteiger partial charge in [-0.3, -0.25) is 4.79 Å². The summed E-state index contributed by atoms with van der Waals surface area (Å²) in [7, 11) is 0. The first kappa shape index (κ1) is 13.8. The van der Waals surface area contributed by atoms with Gasteiger partial charge in [-0.1, -0.05) is 23.7 Å². The summed E-state index contributed by atoms with van der Waals surface area (Å²) in [6, 6.07) is 8.78. The van der Waals surface area contributed by atoms with Crippen LogP contribution >= 0.6 is 11.6 Å². The van der Waals surface area contributed by atoms with Crippen molar-refractivity contribution >= 4 is 11.6 Å². The minimum Gasteiger partial charge on any atom is -0.324 e. The minimum absolute atomic E-state index is 0.129. The maximum absolute atomic E-state index is 12.1. The number of hydrogen-bond acceptors (Lipinski definition) is 3. The highest BCUT2D eigenvalue weighted by Crippen LogP contribution is 2.20. The number of rotatable bonds is 3. The molecule has 0 fully saturated rings. The summed E-state index contributed by atoms with van der Waals surface area (Å²) in [5.74, 6) is 0. The maximum atomic E-state index is 12.1. The van der Waals surface area contributed by atoms with E-state index in [-0.39, 0.29) is 11.6 Å². The molecule has 0 bridgehead atoms. The molecule has 100 valence electrons. The van der Waals surface area contributed by atoms with Gasteiger partial charge in [-0.25, -0.2) is 4.68 Å². The molecule has 0 saturated carbocycles. The van der Waals surface area contributed by atoms with E-state index in [1.807, 2.05) is 19.1 Å². The molecule has 0 saturated heterocycles. The van der Waals surface area contributed by atoms with E-state index in [1.54, 1.807) is 25.1 Å². The van der Waals surface area contributed by atoms with Crippen molar-refractivity contribution in [1.29, 1.82) is 0 Å². The molecule has 1 aromatic heterocycles. The standard InChI is InChI=1S/C14H16ClN3O/c1-3-18-14(19)12(9(2)16)8-13(17-18)10-4-6-11(15)7-5-10/h4-9H,3,16H2,1-2H3. The molecule has 0 spiro atoms. The molecule has 0 aliphatic carbocycles. The van der Waals surface area contributed by atoms with Crippen molar-refractivity contribution in [3.8, 4) is 11.3 Å². The van der Waals surface area contributed by atoms with Crippen LogP contribution in [0.2, 0.25) is 5.02 Å². The second kappa shape index (κ2) is 5.55. The molecule has 1 aromatic carbocycles. The summed E-state index contributed by atoms with van der Waals surface area (Å²) in [5.41, 5.74) is 7.93. The van der Waals surface area contributed by atoms with Crippen molar-refractivity contribution in [2.24, 2.45) is 5.73 Å². The molecular formula is C14H16ClN3O. The van der Waals surface area contributed by atoms with Crippen LogP contribution in [-0.4, -0.2) is 9.78 Å². The van der Waals surface area contributed by atoms with Gasteiger partial charge in [0.05, 0.1) is 5.69 Å². The fourth-order valence-corrected chi connectivity index (χ4v) is 1.99. The molecule has 1 atom stereocenters. The van der Waals surface area contributed by atoms with Gasteiger partial charge < -0.3 is 5.73 Å². The zero-order valence-electron chi connectivity index (χ0n) is 10.9. The van der Waals surface area contributed by atoms with Gasteiger partial charge in [-0.05, 0) is 32.0 Å². The molecule has 5 heteroatoms. The smallest absolute Gasteiger partial charge is 0.271 e. The van der Waals surface area contributed by atoms with Crippen molar-refractivity contribution in [2.45, 2.75) is 26.4 Å². The van der Waals surface area contributed by atoms with Crippen LogP contribution in [0.5, 0.6) is 0 Å². The molecule has 0 radical (unpaired) electrons. The summed E-state index contributed by atoms with van der Waals surface area (Å²) >= 11 is 5.87. The summed E-state index contributed by atoms with van der Waals surface area (Å²) in [5, 5.41) is 5.01. The zero-order chi connectivity index (χ0) is 14.0. The third-order valence-corrected chi connectivity index (χ3v) is 3.18. The first-order valence-electron chi connectivity index (χ1n) is 6.16. The molecule has 2 aromatic rings. The number of hydrogen-bond donors (Lipinski definition) is 1. The summed E-state index contributed by atoms with van der Waals surface area (Å²) in [4.78, 5) is 12.1. The quantitative estimate of drug-likeness (QED) is 0.938. The van der Waals surface area contributed by atoms with Gasteiger partial charge >= 0.3 is 0 Å². The van der Waals surface area contributed by atoms with Crippen LogP contribution in [0.1, 0.15) is 25.5 Å². The van der Waals surface area contributed by atoms with Gasteiger partial charge in [0, 0.05) is 28.7 Å². The number of nitrogens with zero attached hydrogens (tertiary/aromatic N) is 2. The predicted octanol–water partition coefficient (Wildman–Crippen LogP) is 2.60. The van der Waals surface area contributed by atoms with Crippen LogP contribution in [0.3, 0.4) is 0 Å². The Labute approximate surface area is 116 Å². The monoisotopic (exact) mass is 277 g/mol. The van der Waals surface area contributed by atoms with Gasteiger partial charge in [-0.15, -0.1) is 0 Å². The molecule has 1 unspecified atom stereocenters.